The van der Waals surface area contributed by atoms with E-state index >= 15 is 0 Å². The molecule has 2 fully saturated rings. The first-order valence-corrected chi connectivity index (χ1v) is 7.05. The molecule has 18 heavy (non-hydrogen) atoms. The topological polar surface area (TPSA) is 26.3 Å². The van der Waals surface area contributed by atoms with Crippen LogP contribution in [0.15, 0.2) is 22.7 Å². The second-order valence-corrected chi connectivity index (χ2v) is 6.12. The summed E-state index contributed by atoms with van der Waals surface area (Å²) in [6.07, 6.45) is 4.44. The minimum absolute atomic E-state index is 0.0683. The van der Waals surface area contributed by atoms with E-state index in [0.717, 1.165) is 25.7 Å². The first-order chi connectivity index (χ1) is 8.60. The van der Waals surface area contributed by atoms with E-state index in [1.807, 2.05) is 0 Å². The lowest BCUT2D eigenvalue weighted by molar-refractivity contribution is -0.151. The Labute approximate surface area is 114 Å². The normalized spacial score (nSPS) is 25.2. The van der Waals surface area contributed by atoms with Gasteiger partial charge < -0.3 is 4.74 Å². The molecule has 2 aliphatic rings. The molecule has 0 radical (unpaired) electrons. The summed E-state index contributed by atoms with van der Waals surface area (Å²) in [5.41, 5.74) is -0.265. The number of halogens is 2. The molecule has 0 heterocycles. The highest BCUT2D eigenvalue weighted by Crippen LogP contribution is 2.52. The number of carbonyl (C=O) groups is 1. The smallest absolute Gasteiger partial charge is 0.146 e. The van der Waals surface area contributed by atoms with E-state index in [1.165, 1.54) is 12.1 Å². The molecule has 0 aliphatic heterocycles. The molecular weight excluding hydrogens is 299 g/mol. The van der Waals surface area contributed by atoms with Gasteiger partial charge in [0.2, 0.25) is 0 Å². The van der Waals surface area contributed by atoms with Crippen molar-refractivity contribution in [1.29, 1.82) is 0 Å². The molecule has 0 saturated heterocycles. The van der Waals surface area contributed by atoms with Crippen molar-refractivity contribution in [3.63, 3.8) is 0 Å². The molecule has 2 saturated carbocycles. The van der Waals surface area contributed by atoms with Crippen LogP contribution in [-0.4, -0.2) is 11.9 Å². The van der Waals surface area contributed by atoms with Gasteiger partial charge in [0.15, 0.2) is 0 Å². The molecule has 0 amide bonds. The lowest BCUT2D eigenvalue weighted by Crippen LogP contribution is -2.55. The molecule has 4 heteroatoms. The third-order valence-corrected chi connectivity index (χ3v) is 4.61. The number of ether oxygens (including phenoxy) is 1. The Balaban J connectivity index is 1.79. The Morgan fingerprint density at radius 3 is 2.61 bits per heavy atom. The number of hydrogen-bond donors (Lipinski definition) is 0. The average Bonchev–Trinajstić information content (AvgIpc) is 2.79. The van der Waals surface area contributed by atoms with Gasteiger partial charge in [-0.1, -0.05) is 28.8 Å². The zero-order chi connectivity index (χ0) is 12.8. The molecule has 1 atom stereocenters. The van der Waals surface area contributed by atoms with Crippen LogP contribution < -0.4 is 4.74 Å². The quantitative estimate of drug-likeness (QED) is 0.828. The Bertz CT molecular complexity index is 474. The van der Waals surface area contributed by atoms with Crippen molar-refractivity contribution in [2.45, 2.75) is 38.2 Å². The van der Waals surface area contributed by atoms with Gasteiger partial charge in [-0.3, -0.25) is 4.79 Å². The van der Waals surface area contributed by atoms with Crippen LogP contribution in [0.1, 0.15) is 32.1 Å². The van der Waals surface area contributed by atoms with Crippen LogP contribution in [0.2, 0.25) is 0 Å². The van der Waals surface area contributed by atoms with Gasteiger partial charge in [0.25, 0.3) is 0 Å². The molecule has 96 valence electrons. The number of rotatable bonds is 2. The zero-order valence-electron chi connectivity index (χ0n) is 9.92. The van der Waals surface area contributed by atoms with Crippen LogP contribution >= 0.6 is 15.9 Å². The fourth-order valence-electron chi connectivity index (χ4n) is 3.14. The van der Waals surface area contributed by atoms with Crippen molar-refractivity contribution in [1.82, 2.24) is 0 Å². The first kappa shape index (κ1) is 12.2. The first-order valence-electron chi connectivity index (χ1n) is 6.26. The summed E-state index contributed by atoms with van der Waals surface area (Å²) in [4.78, 5) is 11.8. The second kappa shape index (κ2) is 4.34. The van der Waals surface area contributed by atoms with Crippen LogP contribution in [0, 0.1) is 11.2 Å². The average molecular weight is 313 g/mol. The predicted octanol–water partition coefficient (Wildman–Crippen LogP) is 3.87. The predicted molar refractivity (Wildman–Crippen MR) is 69.0 cm³/mol. The Morgan fingerprint density at radius 1 is 1.28 bits per heavy atom. The van der Waals surface area contributed by atoms with Crippen molar-refractivity contribution in [3.05, 3.63) is 28.5 Å². The van der Waals surface area contributed by atoms with Gasteiger partial charge in [-0.05, 0) is 25.0 Å². The number of benzene rings is 1. The van der Waals surface area contributed by atoms with E-state index in [4.69, 9.17) is 4.74 Å². The van der Waals surface area contributed by atoms with Crippen LogP contribution in [-0.2, 0) is 4.79 Å². The highest BCUT2D eigenvalue weighted by molar-refractivity contribution is 9.10. The Morgan fingerprint density at radius 2 is 2.00 bits per heavy atom. The number of carbonyl (C=O) groups excluding carboxylic acids is 1. The minimum atomic E-state index is -0.328. The molecule has 2 nitrogen and oxygen atoms in total. The van der Waals surface area contributed by atoms with Crippen molar-refractivity contribution >= 4 is 21.7 Å². The fraction of sp³-hybridized carbons (Fsp3) is 0.500. The number of Topliss-reactive ketones (excluding diaryl/α,β-unsaturated/α-hetero) is 1. The molecule has 0 bridgehead atoms. The maximum absolute atomic E-state index is 13.3. The molecule has 1 aromatic carbocycles. The van der Waals surface area contributed by atoms with Crippen LogP contribution in [0.25, 0.3) is 0 Å². The Hall–Kier alpha value is -0.900. The summed E-state index contributed by atoms with van der Waals surface area (Å²) in [6, 6.07) is 4.51. The van der Waals surface area contributed by atoms with Gasteiger partial charge in [-0.2, -0.15) is 0 Å². The van der Waals surface area contributed by atoms with Crippen LogP contribution in [0.4, 0.5) is 4.39 Å². The molecule has 1 unspecified atom stereocenters. The fourth-order valence-corrected chi connectivity index (χ4v) is 3.58. The monoisotopic (exact) mass is 312 g/mol. The SMILES string of the molecule is O=C1CC(Oc2cc(F)cc(Br)c2)C12CCCC2. The highest BCUT2D eigenvalue weighted by atomic mass is 79.9. The van der Waals surface area contributed by atoms with Gasteiger partial charge in [-0.25, -0.2) is 4.39 Å². The summed E-state index contributed by atoms with van der Waals surface area (Å²) in [7, 11) is 0. The lowest BCUT2D eigenvalue weighted by atomic mass is 9.63. The van der Waals surface area contributed by atoms with E-state index in [9.17, 15) is 9.18 Å². The van der Waals surface area contributed by atoms with Crippen molar-refractivity contribution in [2.75, 3.05) is 0 Å². The van der Waals surface area contributed by atoms with Crippen LogP contribution in [0.3, 0.4) is 0 Å². The summed E-state index contributed by atoms with van der Waals surface area (Å²) >= 11 is 3.24. The van der Waals surface area contributed by atoms with Gasteiger partial charge in [0.1, 0.15) is 23.5 Å². The summed E-state index contributed by atoms with van der Waals surface area (Å²) < 4.78 is 19.8. The maximum atomic E-state index is 13.3. The Kier molecular flexibility index (Phi) is 2.93. The molecule has 2 aliphatic carbocycles. The largest absolute Gasteiger partial charge is 0.489 e. The van der Waals surface area contributed by atoms with Crippen LogP contribution in [0.5, 0.6) is 5.75 Å². The van der Waals surface area contributed by atoms with Gasteiger partial charge in [0.05, 0.1) is 5.41 Å². The third kappa shape index (κ3) is 1.87. The lowest BCUT2D eigenvalue weighted by Gasteiger charge is -2.44. The van der Waals surface area contributed by atoms with E-state index in [-0.39, 0.29) is 17.3 Å². The van der Waals surface area contributed by atoms with Gasteiger partial charge in [0, 0.05) is 17.0 Å². The van der Waals surface area contributed by atoms with E-state index in [0.29, 0.717) is 22.4 Å². The molecule has 0 aromatic heterocycles. The van der Waals surface area contributed by atoms with Gasteiger partial charge in [-0.15, -0.1) is 0 Å². The van der Waals surface area contributed by atoms with E-state index in [1.54, 1.807) is 6.07 Å². The standard InChI is InChI=1S/C14H14BrFO2/c15-9-5-10(16)7-11(6-9)18-13-8-12(17)14(13)3-1-2-4-14/h5-7,13H,1-4,8H2. The number of ketones is 1. The maximum Gasteiger partial charge on any atom is 0.146 e. The molecule has 3 rings (SSSR count). The van der Waals surface area contributed by atoms with Gasteiger partial charge >= 0.3 is 0 Å². The highest BCUT2D eigenvalue weighted by Gasteiger charge is 2.57. The molecule has 0 N–H and O–H groups in total. The minimum Gasteiger partial charge on any atom is -0.489 e. The summed E-state index contributed by atoms with van der Waals surface area (Å²) in [5.74, 6) is 0.497. The molecule has 1 spiro atoms. The summed E-state index contributed by atoms with van der Waals surface area (Å²) in [5, 5.41) is 0. The van der Waals surface area contributed by atoms with Crippen molar-refractivity contribution in [3.8, 4) is 5.75 Å². The summed E-state index contributed by atoms with van der Waals surface area (Å²) in [6.45, 7) is 0. The van der Waals surface area contributed by atoms with E-state index in [2.05, 4.69) is 15.9 Å². The third-order valence-electron chi connectivity index (χ3n) is 4.15. The molecular formula is C14H14BrFO2. The van der Waals surface area contributed by atoms with Crippen molar-refractivity contribution in [2.24, 2.45) is 5.41 Å². The second-order valence-electron chi connectivity index (χ2n) is 5.20. The van der Waals surface area contributed by atoms with E-state index < -0.39 is 0 Å². The molecule has 1 aromatic rings. The van der Waals surface area contributed by atoms with Crippen molar-refractivity contribution < 1.29 is 13.9 Å². The zero-order valence-corrected chi connectivity index (χ0v) is 11.5. The number of hydrogen-bond acceptors (Lipinski definition) is 2.